The number of hydrogen-bond donors (Lipinski definition) is 2. The summed E-state index contributed by atoms with van der Waals surface area (Å²) in [5, 5.41) is 2.73. The zero-order valence-electron chi connectivity index (χ0n) is 16.9. The Hall–Kier alpha value is -3.10. The number of H-pyrrole nitrogens is 1. The van der Waals surface area contributed by atoms with E-state index < -0.39 is 29.9 Å². The van der Waals surface area contributed by atoms with Gasteiger partial charge in [-0.05, 0) is 18.1 Å². The van der Waals surface area contributed by atoms with Crippen molar-refractivity contribution in [2.24, 2.45) is 5.92 Å². The van der Waals surface area contributed by atoms with Gasteiger partial charge in [0.05, 0.1) is 26.2 Å². The molecule has 2 aromatic rings. The standard InChI is InChI=1S/C20H25FN4O4/c1-11(2)16(19(26)29-4)24-20(27)25-8-7-15-17(23-10-22-15)18(25)13-6-5-12(28-3)9-14(13)21/h5-6,9-11,16,18H,7-8H2,1-4H3,(H,22,23)(H,24,27)/t16-,18+/m0/s1. The maximum absolute atomic E-state index is 14.9. The number of aromatic amines is 1. The van der Waals surface area contributed by atoms with Crippen LogP contribution in [0.2, 0.25) is 0 Å². The topological polar surface area (TPSA) is 96.6 Å². The summed E-state index contributed by atoms with van der Waals surface area (Å²) >= 11 is 0. The number of carbonyl (C=O) groups is 2. The first-order valence-corrected chi connectivity index (χ1v) is 9.37. The lowest BCUT2D eigenvalue weighted by Crippen LogP contribution is -2.53. The molecule has 1 aliphatic heterocycles. The van der Waals surface area contributed by atoms with E-state index in [9.17, 15) is 14.0 Å². The molecule has 2 heterocycles. The second-order valence-corrected chi connectivity index (χ2v) is 7.19. The molecule has 0 saturated carbocycles. The number of rotatable bonds is 5. The van der Waals surface area contributed by atoms with E-state index in [1.54, 1.807) is 12.1 Å². The van der Waals surface area contributed by atoms with Crippen molar-refractivity contribution >= 4 is 12.0 Å². The normalized spacial score (nSPS) is 16.9. The minimum absolute atomic E-state index is 0.173. The average Bonchev–Trinajstić information content (AvgIpc) is 3.19. The van der Waals surface area contributed by atoms with E-state index in [1.807, 2.05) is 13.8 Å². The lowest BCUT2D eigenvalue weighted by atomic mass is 9.95. The van der Waals surface area contributed by atoms with Gasteiger partial charge in [-0.15, -0.1) is 0 Å². The molecule has 8 nitrogen and oxygen atoms in total. The predicted octanol–water partition coefficient (Wildman–Crippen LogP) is 2.41. The van der Waals surface area contributed by atoms with Gasteiger partial charge in [-0.25, -0.2) is 19.0 Å². The zero-order valence-corrected chi connectivity index (χ0v) is 16.9. The summed E-state index contributed by atoms with van der Waals surface area (Å²) in [5.41, 5.74) is 1.73. The molecule has 1 aliphatic rings. The van der Waals surface area contributed by atoms with Crippen molar-refractivity contribution in [3.63, 3.8) is 0 Å². The third kappa shape index (κ3) is 4.03. The number of imidazole rings is 1. The van der Waals surface area contributed by atoms with Gasteiger partial charge in [0.1, 0.15) is 23.7 Å². The highest BCUT2D eigenvalue weighted by Gasteiger charge is 2.37. The maximum atomic E-state index is 14.9. The molecule has 0 unspecified atom stereocenters. The van der Waals surface area contributed by atoms with Crippen molar-refractivity contribution in [1.82, 2.24) is 20.2 Å². The van der Waals surface area contributed by atoms with E-state index in [0.717, 1.165) is 5.69 Å². The molecule has 0 fully saturated rings. The molecule has 2 atom stereocenters. The van der Waals surface area contributed by atoms with E-state index in [4.69, 9.17) is 9.47 Å². The molecule has 9 heteroatoms. The van der Waals surface area contributed by atoms with Crippen LogP contribution in [0.25, 0.3) is 0 Å². The number of methoxy groups -OCH3 is 2. The third-order valence-electron chi connectivity index (χ3n) is 5.09. The third-order valence-corrected chi connectivity index (χ3v) is 5.09. The Morgan fingerprint density at radius 2 is 2.10 bits per heavy atom. The number of halogens is 1. The number of fused-ring (bicyclic) bond motifs is 1. The molecule has 1 aromatic heterocycles. The highest BCUT2D eigenvalue weighted by atomic mass is 19.1. The molecular weight excluding hydrogens is 379 g/mol. The van der Waals surface area contributed by atoms with Crippen LogP contribution in [-0.4, -0.2) is 53.7 Å². The van der Waals surface area contributed by atoms with Crippen molar-refractivity contribution in [3.8, 4) is 5.75 Å². The predicted molar refractivity (Wildman–Crippen MR) is 103 cm³/mol. The van der Waals surface area contributed by atoms with Gasteiger partial charge in [-0.3, -0.25) is 0 Å². The fourth-order valence-electron chi connectivity index (χ4n) is 3.51. The molecule has 0 aliphatic carbocycles. The van der Waals surface area contributed by atoms with Crippen LogP contribution in [0.15, 0.2) is 24.5 Å². The van der Waals surface area contributed by atoms with Crippen LogP contribution in [-0.2, 0) is 16.0 Å². The Labute approximate surface area is 168 Å². The maximum Gasteiger partial charge on any atom is 0.328 e. The van der Waals surface area contributed by atoms with Crippen LogP contribution in [0.1, 0.15) is 36.8 Å². The molecule has 156 valence electrons. The fourth-order valence-corrected chi connectivity index (χ4v) is 3.51. The number of benzene rings is 1. The minimum atomic E-state index is -0.811. The first kappa shape index (κ1) is 20.6. The van der Waals surface area contributed by atoms with Crippen LogP contribution in [0.3, 0.4) is 0 Å². The Balaban J connectivity index is 1.97. The van der Waals surface area contributed by atoms with Gasteiger partial charge in [0.15, 0.2) is 0 Å². The van der Waals surface area contributed by atoms with Gasteiger partial charge < -0.3 is 24.7 Å². The van der Waals surface area contributed by atoms with Crippen molar-refractivity contribution < 1.29 is 23.5 Å². The second-order valence-electron chi connectivity index (χ2n) is 7.19. The Kier molecular flexibility index (Phi) is 6.05. The quantitative estimate of drug-likeness (QED) is 0.746. The van der Waals surface area contributed by atoms with Gasteiger partial charge in [-0.1, -0.05) is 13.8 Å². The Morgan fingerprint density at radius 3 is 2.72 bits per heavy atom. The lowest BCUT2D eigenvalue weighted by Gasteiger charge is -2.36. The Morgan fingerprint density at radius 1 is 1.34 bits per heavy atom. The molecule has 2 amide bonds. The molecule has 0 radical (unpaired) electrons. The molecule has 1 aromatic carbocycles. The van der Waals surface area contributed by atoms with Crippen LogP contribution < -0.4 is 10.1 Å². The summed E-state index contributed by atoms with van der Waals surface area (Å²) < 4.78 is 24.8. The second kappa shape index (κ2) is 8.50. The number of esters is 1. The van der Waals surface area contributed by atoms with Crippen LogP contribution in [0.4, 0.5) is 9.18 Å². The van der Waals surface area contributed by atoms with Crippen molar-refractivity contribution in [1.29, 1.82) is 0 Å². The monoisotopic (exact) mass is 404 g/mol. The molecule has 0 saturated heterocycles. The lowest BCUT2D eigenvalue weighted by molar-refractivity contribution is -0.144. The van der Waals surface area contributed by atoms with Gasteiger partial charge in [0, 0.05) is 30.3 Å². The number of carbonyl (C=O) groups excluding carboxylic acids is 2. The summed E-state index contributed by atoms with van der Waals surface area (Å²) in [6.45, 7) is 3.96. The highest BCUT2D eigenvalue weighted by Crippen LogP contribution is 2.35. The molecule has 3 rings (SSSR count). The van der Waals surface area contributed by atoms with E-state index in [2.05, 4.69) is 15.3 Å². The highest BCUT2D eigenvalue weighted by molar-refractivity contribution is 5.84. The van der Waals surface area contributed by atoms with E-state index in [-0.39, 0.29) is 5.92 Å². The van der Waals surface area contributed by atoms with Gasteiger partial charge in [-0.2, -0.15) is 0 Å². The van der Waals surface area contributed by atoms with E-state index in [0.29, 0.717) is 30.0 Å². The number of nitrogens with one attached hydrogen (secondary N) is 2. The fraction of sp³-hybridized carbons (Fsp3) is 0.450. The summed E-state index contributed by atoms with van der Waals surface area (Å²) in [6, 6.07) is 2.47. The van der Waals surface area contributed by atoms with Crippen LogP contribution in [0.5, 0.6) is 5.75 Å². The van der Waals surface area contributed by atoms with Gasteiger partial charge in [0.2, 0.25) is 0 Å². The first-order chi connectivity index (χ1) is 13.9. The Bertz CT molecular complexity index is 898. The van der Waals surface area contributed by atoms with Crippen LogP contribution >= 0.6 is 0 Å². The zero-order chi connectivity index (χ0) is 21.1. The van der Waals surface area contributed by atoms with Crippen molar-refractivity contribution in [3.05, 3.63) is 47.3 Å². The van der Waals surface area contributed by atoms with Gasteiger partial charge in [0.25, 0.3) is 0 Å². The number of ether oxygens (including phenoxy) is 2. The summed E-state index contributed by atoms with van der Waals surface area (Å²) in [7, 11) is 2.73. The van der Waals surface area contributed by atoms with Crippen LogP contribution in [0, 0.1) is 11.7 Å². The SMILES string of the molecule is COC(=O)[C@@H](NC(=O)N1CCc2[nH]cnc2[C@H]1c1ccc(OC)cc1F)C(C)C. The molecule has 0 bridgehead atoms. The van der Waals surface area contributed by atoms with Crippen molar-refractivity contribution in [2.75, 3.05) is 20.8 Å². The summed E-state index contributed by atoms with van der Waals surface area (Å²) in [5.74, 6) is -0.825. The summed E-state index contributed by atoms with van der Waals surface area (Å²) in [4.78, 5) is 34.0. The largest absolute Gasteiger partial charge is 0.497 e. The van der Waals surface area contributed by atoms with Gasteiger partial charge >= 0.3 is 12.0 Å². The molecule has 0 spiro atoms. The van der Waals surface area contributed by atoms with Crippen molar-refractivity contribution in [2.45, 2.75) is 32.4 Å². The molecule has 2 N–H and O–H groups in total. The number of nitrogens with zero attached hydrogens (tertiary/aromatic N) is 2. The minimum Gasteiger partial charge on any atom is -0.497 e. The summed E-state index contributed by atoms with van der Waals surface area (Å²) in [6.07, 6.45) is 2.08. The average molecular weight is 404 g/mol. The number of hydrogen-bond acceptors (Lipinski definition) is 5. The van der Waals surface area contributed by atoms with E-state index >= 15 is 0 Å². The smallest absolute Gasteiger partial charge is 0.328 e. The molecule has 29 heavy (non-hydrogen) atoms. The van der Waals surface area contributed by atoms with E-state index in [1.165, 1.54) is 31.5 Å². The number of amides is 2. The number of aromatic nitrogens is 2. The first-order valence-electron chi connectivity index (χ1n) is 9.37. The number of urea groups is 1. The molecular formula is C20H25FN4O4.